The molecule has 19 heavy (non-hydrogen) atoms. The molecule has 1 aliphatic carbocycles. The number of hydrogen-bond donors (Lipinski definition) is 0. The molecule has 1 nitrogen and oxygen atoms in total. The number of halogens is 2. The Kier molecular flexibility index (Phi) is 9.15. The predicted molar refractivity (Wildman–Crippen MR) is 74.5 cm³/mol. The smallest absolute Gasteiger partial charge is 1.00 e. The van der Waals surface area contributed by atoms with E-state index >= 15 is 0 Å². The number of nitrogens with zero attached hydrogens (tertiary/aromatic N) is 1. The van der Waals surface area contributed by atoms with Gasteiger partial charge in [-0.15, -0.1) is 0 Å². The van der Waals surface area contributed by atoms with Crippen molar-refractivity contribution in [3.8, 4) is 0 Å². The largest absolute Gasteiger partial charge is 1.00 e. The van der Waals surface area contributed by atoms with Crippen LogP contribution in [0, 0.1) is 5.92 Å². The molecule has 2 unspecified atom stereocenters. The Bertz CT molecular complexity index is 361. The first-order chi connectivity index (χ1) is 7.66. The summed E-state index contributed by atoms with van der Waals surface area (Å²) in [6, 6.07) is 0. The van der Waals surface area contributed by atoms with Crippen molar-refractivity contribution in [1.29, 1.82) is 0 Å². The van der Waals surface area contributed by atoms with Crippen LogP contribution in [0.2, 0.25) is 13.1 Å². The van der Waals surface area contributed by atoms with E-state index in [0.717, 1.165) is 0 Å². The fourth-order valence-corrected chi connectivity index (χ4v) is 6.04. The average Bonchev–Trinajstić information content (AvgIpc) is 2.56. The van der Waals surface area contributed by atoms with Crippen molar-refractivity contribution in [2.24, 2.45) is 5.92 Å². The number of hydrogen-bond acceptors (Lipinski definition) is 0. The van der Waals surface area contributed by atoms with Crippen molar-refractivity contribution in [2.75, 3.05) is 0 Å². The Hall–Kier alpha value is 0.951. The molecule has 1 aliphatic rings. The Morgan fingerprint density at radius 1 is 1.26 bits per heavy atom. The molecule has 2 atom stereocenters. The monoisotopic (exact) mass is 355 g/mol. The molecule has 0 N–H and O–H groups in total. The van der Waals surface area contributed by atoms with Gasteiger partial charge in [0.15, 0.2) is 0 Å². The molecular weight excluding hydrogens is 329 g/mol. The van der Waals surface area contributed by atoms with E-state index in [4.69, 9.17) is 0 Å². The van der Waals surface area contributed by atoms with Crippen molar-refractivity contribution in [1.82, 2.24) is 0 Å². The van der Waals surface area contributed by atoms with Gasteiger partial charge in [0.25, 0.3) is 0 Å². The minimum Gasteiger partial charge on any atom is -1.00 e. The summed E-state index contributed by atoms with van der Waals surface area (Å²) in [7, 11) is -0.830. The number of rotatable bonds is 3. The topological polar surface area (TPSA) is 0 Å². The minimum absolute atomic E-state index is 0. The van der Waals surface area contributed by atoms with Crippen LogP contribution >= 0.6 is 0 Å². The van der Waals surface area contributed by atoms with E-state index in [2.05, 4.69) is 80.6 Å². The van der Waals surface area contributed by atoms with Crippen LogP contribution in [0.25, 0.3) is 0 Å². The first-order valence-corrected chi connectivity index (χ1v) is 10.2. The summed E-state index contributed by atoms with van der Waals surface area (Å²) >= 11 is 2.46. The second kappa shape index (κ2) is 7.82. The molecule has 0 amide bonds. The van der Waals surface area contributed by atoms with Gasteiger partial charge in [-0.1, -0.05) is 0 Å². The molecule has 0 saturated carbocycles. The zero-order chi connectivity index (χ0) is 13.4. The van der Waals surface area contributed by atoms with Gasteiger partial charge in [-0.3, -0.25) is 0 Å². The van der Waals surface area contributed by atoms with Crippen molar-refractivity contribution in [2.45, 2.75) is 59.7 Å². The normalized spacial score (nSPS) is 21.9. The van der Waals surface area contributed by atoms with Crippen molar-refractivity contribution in [3.05, 3.63) is 23.4 Å². The summed E-state index contributed by atoms with van der Waals surface area (Å²) < 4.78 is 1.18. The molecule has 0 heterocycles. The van der Waals surface area contributed by atoms with E-state index in [-0.39, 0.29) is 24.8 Å². The van der Waals surface area contributed by atoms with E-state index in [0.29, 0.717) is 11.5 Å². The standard InChI is InChI=1S/C14H27NSi.2ClH.Ti/c1-8-12-10-9-11(2)13(12)15(16(6)7)14(3,4)5;;;/h9-11,16H,8H2,1-7H3;2*1H;/q;;;+1/p-2. The van der Waals surface area contributed by atoms with E-state index in [1.807, 2.05) is 0 Å². The van der Waals surface area contributed by atoms with E-state index in [1.54, 1.807) is 11.3 Å². The van der Waals surface area contributed by atoms with Crippen molar-refractivity contribution in [3.63, 3.8) is 0 Å². The van der Waals surface area contributed by atoms with Gasteiger partial charge in [-0.2, -0.15) is 0 Å². The van der Waals surface area contributed by atoms with Gasteiger partial charge in [0.05, 0.1) is 0 Å². The molecule has 5 heteroatoms. The summed E-state index contributed by atoms with van der Waals surface area (Å²) in [5.41, 5.74) is 3.56. The van der Waals surface area contributed by atoms with Gasteiger partial charge in [0.1, 0.15) is 0 Å². The summed E-state index contributed by atoms with van der Waals surface area (Å²) in [6.07, 6.45) is 5.91. The molecule has 0 saturated heterocycles. The van der Waals surface area contributed by atoms with Crippen LogP contribution in [0.5, 0.6) is 0 Å². The van der Waals surface area contributed by atoms with Crippen LogP contribution < -0.4 is 24.8 Å². The van der Waals surface area contributed by atoms with Crippen molar-refractivity contribution < 1.29 is 48.1 Å². The van der Waals surface area contributed by atoms with Crippen LogP contribution in [-0.2, 0) is 20.7 Å². The molecule has 0 fully saturated rings. The molecule has 0 aliphatic heterocycles. The molecule has 0 radical (unpaired) electrons. The van der Waals surface area contributed by atoms with Crippen LogP contribution in [0.15, 0.2) is 23.4 Å². The van der Waals surface area contributed by atoms with Gasteiger partial charge >= 0.3 is 121 Å². The van der Waals surface area contributed by atoms with Crippen LogP contribution in [0.3, 0.4) is 0 Å². The predicted octanol–water partition coefficient (Wildman–Crippen LogP) is -2.08. The fourth-order valence-electron chi connectivity index (χ4n) is 2.99. The van der Waals surface area contributed by atoms with Crippen LogP contribution in [-0.4, -0.2) is 17.1 Å². The van der Waals surface area contributed by atoms with Crippen LogP contribution in [0.4, 0.5) is 0 Å². The van der Waals surface area contributed by atoms with Gasteiger partial charge in [-0.05, 0) is 0 Å². The maximum absolute atomic E-state index is 2.48. The first kappa shape index (κ1) is 22.2. The van der Waals surface area contributed by atoms with E-state index in [9.17, 15) is 0 Å². The molecule has 0 aromatic heterocycles. The Balaban J connectivity index is 0. The molecule has 111 valence electrons. The first-order valence-electron chi connectivity index (χ1n) is 6.72. The third kappa shape index (κ3) is 3.99. The SMILES string of the molecule is CCC1=C([N+]([Ti])([SiH](C)C)C(C)(C)C)C(C)C=C1.[Cl-].[Cl-]. The molecule has 0 spiro atoms. The van der Waals surface area contributed by atoms with Gasteiger partial charge in [0.2, 0.25) is 0 Å². The molecule has 1 rings (SSSR count). The quantitative estimate of drug-likeness (QED) is 0.510. The third-order valence-electron chi connectivity index (χ3n) is 3.94. The van der Waals surface area contributed by atoms with Gasteiger partial charge in [0, 0.05) is 0 Å². The summed E-state index contributed by atoms with van der Waals surface area (Å²) in [5.74, 6) is 0.615. The van der Waals surface area contributed by atoms with Gasteiger partial charge < -0.3 is 24.8 Å². The zero-order valence-electron chi connectivity index (χ0n) is 13.2. The van der Waals surface area contributed by atoms with Gasteiger partial charge in [-0.25, -0.2) is 0 Å². The summed E-state index contributed by atoms with van der Waals surface area (Å²) in [4.78, 5) is 0. The van der Waals surface area contributed by atoms with Crippen LogP contribution in [0.1, 0.15) is 41.0 Å². The van der Waals surface area contributed by atoms with E-state index < -0.39 is 8.96 Å². The second-order valence-corrected chi connectivity index (χ2v) is 11.3. The maximum Gasteiger partial charge on any atom is -1.00 e. The number of allylic oxidation sites excluding steroid dienone is 3. The Morgan fingerprint density at radius 3 is 2.05 bits per heavy atom. The summed E-state index contributed by atoms with van der Waals surface area (Å²) in [5, 5.41) is 0. The minimum atomic E-state index is -0.830. The Labute approximate surface area is 145 Å². The molecule has 0 aromatic carbocycles. The maximum atomic E-state index is 2.48. The number of quaternary nitrogens is 1. The molecular formula is C14H27Cl2NSiTi-. The molecule has 0 aromatic rings. The zero-order valence-corrected chi connectivity index (χ0v) is 17.4. The summed E-state index contributed by atoms with van der Waals surface area (Å²) in [6.45, 7) is 16.8. The molecule has 0 bridgehead atoms. The third-order valence-corrected chi connectivity index (χ3v) is 10.4. The van der Waals surface area contributed by atoms with Crippen molar-refractivity contribution >= 4 is 8.96 Å². The average molecular weight is 356 g/mol. The fraction of sp³-hybridized carbons (Fsp3) is 0.714. The Morgan fingerprint density at radius 2 is 1.74 bits per heavy atom. The van der Waals surface area contributed by atoms with E-state index in [1.165, 1.54) is 9.05 Å². The second-order valence-electron chi connectivity index (χ2n) is 6.40.